The van der Waals surface area contributed by atoms with E-state index in [-0.39, 0.29) is 17.9 Å². The monoisotopic (exact) mass is 212 g/mol. The van der Waals surface area contributed by atoms with E-state index in [4.69, 9.17) is 0 Å². The van der Waals surface area contributed by atoms with E-state index in [0.717, 1.165) is 45.3 Å². The van der Waals surface area contributed by atoms with Crippen LogP contribution in [0.3, 0.4) is 0 Å². The van der Waals surface area contributed by atoms with Crippen LogP contribution in [-0.2, 0) is 4.79 Å². The molecule has 2 saturated heterocycles. The maximum absolute atomic E-state index is 12.1. The molecule has 0 spiro atoms. The molecule has 4 heteroatoms. The molecule has 0 saturated carbocycles. The van der Waals surface area contributed by atoms with Gasteiger partial charge in [0.05, 0.1) is 12.0 Å². The van der Waals surface area contributed by atoms with Crippen molar-refractivity contribution >= 4 is 5.91 Å². The van der Waals surface area contributed by atoms with Gasteiger partial charge >= 0.3 is 0 Å². The van der Waals surface area contributed by atoms with Gasteiger partial charge in [0.15, 0.2) is 0 Å². The molecule has 4 nitrogen and oxygen atoms in total. The molecule has 2 fully saturated rings. The van der Waals surface area contributed by atoms with Gasteiger partial charge in [-0.2, -0.15) is 0 Å². The lowest BCUT2D eigenvalue weighted by Crippen LogP contribution is -2.48. The Morgan fingerprint density at radius 1 is 1.33 bits per heavy atom. The lowest BCUT2D eigenvalue weighted by Gasteiger charge is -2.34. The summed E-state index contributed by atoms with van der Waals surface area (Å²) in [6.07, 6.45) is 3.56. The highest BCUT2D eigenvalue weighted by Crippen LogP contribution is 2.17. The zero-order valence-electron chi connectivity index (χ0n) is 9.11. The van der Waals surface area contributed by atoms with Gasteiger partial charge in [-0.3, -0.25) is 4.79 Å². The Bertz CT molecular complexity index is 227. The molecule has 2 aliphatic heterocycles. The van der Waals surface area contributed by atoms with Crippen LogP contribution in [0.5, 0.6) is 0 Å². The molecule has 2 heterocycles. The number of nitrogens with one attached hydrogen (secondary N) is 1. The molecule has 0 unspecified atom stereocenters. The summed E-state index contributed by atoms with van der Waals surface area (Å²) in [5.74, 6) is 0.380. The number of carbonyl (C=O) groups is 1. The molecule has 0 bridgehead atoms. The van der Waals surface area contributed by atoms with Crippen molar-refractivity contribution in [3.63, 3.8) is 0 Å². The van der Waals surface area contributed by atoms with Crippen LogP contribution in [0.15, 0.2) is 0 Å². The Morgan fingerprint density at radius 2 is 2.20 bits per heavy atom. The van der Waals surface area contributed by atoms with Gasteiger partial charge in [-0.15, -0.1) is 0 Å². The van der Waals surface area contributed by atoms with Crippen LogP contribution in [0.4, 0.5) is 0 Å². The summed E-state index contributed by atoms with van der Waals surface area (Å²) >= 11 is 0. The lowest BCUT2D eigenvalue weighted by molar-refractivity contribution is -0.139. The second-order valence-electron chi connectivity index (χ2n) is 4.62. The van der Waals surface area contributed by atoms with Crippen molar-refractivity contribution in [2.24, 2.45) is 5.92 Å². The first kappa shape index (κ1) is 10.9. The fourth-order valence-corrected chi connectivity index (χ4v) is 2.48. The van der Waals surface area contributed by atoms with Gasteiger partial charge in [0.2, 0.25) is 5.91 Å². The summed E-state index contributed by atoms with van der Waals surface area (Å²) in [7, 11) is 0. The summed E-state index contributed by atoms with van der Waals surface area (Å²) < 4.78 is 0. The second-order valence-corrected chi connectivity index (χ2v) is 4.62. The van der Waals surface area contributed by atoms with E-state index in [2.05, 4.69) is 5.32 Å². The molecule has 0 aliphatic carbocycles. The van der Waals surface area contributed by atoms with Crippen molar-refractivity contribution in [2.45, 2.75) is 31.8 Å². The smallest absolute Gasteiger partial charge is 0.227 e. The van der Waals surface area contributed by atoms with Gasteiger partial charge in [0.1, 0.15) is 0 Å². The molecule has 0 radical (unpaired) electrons. The Morgan fingerprint density at radius 3 is 2.87 bits per heavy atom. The maximum atomic E-state index is 12.1. The van der Waals surface area contributed by atoms with Gasteiger partial charge in [-0.05, 0) is 32.2 Å². The average molecular weight is 212 g/mol. The number of amides is 1. The van der Waals surface area contributed by atoms with Crippen LogP contribution >= 0.6 is 0 Å². The maximum Gasteiger partial charge on any atom is 0.227 e. The standard InChI is InChI=1S/C11H20N2O2/c14-10-4-2-6-13(8-10)11(15)9-3-1-5-12-7-9/h9-10,12,14H,1-8H2/t9-,10-/m0/s1. The van der Waals surface area contributed by atoms with E-state index >= 15 is 0 Å². The third kappa shape index (κ3) is 2.69. The van der Waals surface area contributed by atoms with Crippen LogP contribution in [0.2, 0.25) is 0 Å². The quantitative estimate of drug-likeness (QED) is 0.642. The van der Waals surface area contributed by atoms with Crippen molar-refractivity contribution in [3.05, 3.63) is 0 Å². The number of piperidine rings is 2. The summed E-state index contributed by atoms with van der Waals surface area (Å²) in [4.78, 5) is 13.9. The largest absolute Gasteiger partial charge is 0.391 e. The van der Waals surface area contributed by atoms with E-state index in [1.165, 1.54) is 0 Å². The zero-order chi connectivity index (χ0) is 10.7. The molecule has 86 valence electrons. The third-order valence-electron chi connectivity index (χ3n) is 3.35. The van der Waals surface area contributed by atoms with E-state index in [1.807, 2.05) is 4.90 Å². The molecule has 2 aliphatic rings. The van der Waals surface area contributed by atoms with Crippen LogP contribution < -0.4 is 5.32 Å². The van der Waals surface area contributed by atoms with Gasteiger partial charge in [0, 0.05) is 19.6 Å². The van der Waals surface area contributed by atoms with Crippen LogP contribution in [0, 0.1) is 5.92 Å². The zero-order valence-corrected chi connectivity index (χ0v) is 9.11. The third-order valence-corrected chi connectivity index (χ3v) is 3.35. The molecule has 15 heavy (non-hydrogen) atoms. The minimum atomic E-state index is -0.306. The van der Waals surface area contributed by atoms with Crippen molar-refractivity contribution in [2.75, 3.05) is 26.2 Å². The fourth-order valence-electron chi connectivity index (χ4n) is 2.48. The van der Waals surface area contributed by atoms with E-state index in [1.54, 1.807) is 0 Å². The minimum Gasteiger partial charge on any atom is -0.391 e. The van der Waals surface area contributed by atoms with Gasteiger partial charge in [0.25, 0.3) is 0 Å². The molecular formula is C11H20N2O2. The van der Waals surface area contributed by atoms with Crippen molar-refractivity contribution < 1.29 is 9.90 Å². The number of likely N-dealkylation sites (tertiary alicyclic amines) is 1. The predicted molar refractivity (Wildman–Crippen MR) is 57.4 cm³/mol. The highest BCUT2D eigenvalue weighted by atomic mass is 16.3. The molecule has 2 rings (SSSR count). The number of carbonyl (C=O) groups excluding carboxylic acids is 1. The molecule has 2 atom stereocenters. The first-order chi connectivity index (χ1) is 7.27. The molecule has 0 aromatic carbocycles. The first-order valence-electron chi connectivity index (χ1n) is 5.95. The Labute approximate surface area is 90.6 Å². The van der Waals surface area contributed by atoms with E-state index in [0.29, 0.717) is 6.54 Å². The summed E-state index contributed by atoms with van der Waals surface area (Å²) in [5.41, 5.74) is 0. The first-order valence-corrected chi connectivity index (χ1v) is 5.95. The highest BCUT2D eigenvalue weighted by Gasteiger charge is 2.28. The van der Waals surface area contributed by atoms with E-state index in [9.17, 15) is 9.90 Å². The average Bonchev–Trinajstić information content (AvgIpc) is 2.29. The number of rotatable bonds is 1. The van der Waals surface area contributed by atoms with E-state index < -0.39 is 0 Å². The number of aliphatic hydroxyl groups is 1. The Balaban J connectivity index is 1.88. The Hall–Kier alpha value is -0.610. The van der Waals surface area contributed by atoms with Crippen molar-refractivity contribution in [1.82, 2.24) is 10.2 Å². The predicted octanol–water partition coefficient (Wildman–Crippen LogP) is -0.0307. The molecule has 0 aromatic rings. The second kappa shape index (κ2) is 4.94. The molecular weight excluding hydrogens is 192 g/mol. The topological polar surface area (TPSA) is 52.6 Å². The number of hydrogen-bond acceptors (Lipinski definition) is 3. The number of aliphatic hydroxyl groups excluding tert-OH is 1. The summed E-state index contributed by atoms with van der Waals surface area (Å²) in [5, 5.41) is 12.8. The van der Waals surface area contributed by atoms with Crippen LogP contribution in [-0.4, -0.2) is 48.2 Å². The molecule has 2 N–H and O–H groups in total. The van der Waals surface area contributed by atoms with Gasteiger partial charge in [-0.1, -0.05) is 0 Å². The van der Waals surface area contributed by atoms with Gasteiger partial charge in [-0.25, -0.2) is 0 Å². The van der Waals surface area contributed by atoms with Crippen molar-refractivity contribution in [3.8, 4) is 0 Å². The number of hydrogen-bond donors (Lipinski definition) is 2. The Kier molecular flexibility index (Phi) is 3.59. The van der Waals surface area contributed by atoms with Crippen LogP contribution in [0.25, 0.3) is 0 Å². The van der Waals surface area contributed by atoms with Gasteiger partial charge < -0.3 is 15.3 Å². The van der Waals surface area contributed by atoms with Crippen LogP contribution in [0.1, 0.15) is 25.7 Å². The normalized spacial score (nSPS) is 32.7. The van der Waals surface area contributed by atoms with Crippen molar-refractivity contribution in [1.29, 1.82) is 0 Å². The summed E-state index contributed by atoms with van der Waals surface area (Å²) in [6.45, 7) is 3.21. The number of nitrogens with zero attached hydrogens (tertiary/aromatic N) is 1. The minimum absolute atomic E-state index is 0.143. The molecule has 1 amide bonds. The number of β-amino-alcohol motifs (C(OH)–C–C–N with tert-alkyl or cyclic N) is 1. The highest BCUT2D eigenvalue weighted by molar-refractivity contribution is 5.79. The SMILES string of the molecule is O=C([C@H]1CCCNC1)N1CCC[C@H](O)C1. The lowest BCUT2D eigenvalue weighted by atomic mass is 9.96. The molecule has 0 aromatic heterocycles. The fraction of sp³-hybridized carbons (Fsp3) is 0.909. The summed E-state index contributed by atoms with van der Waals surface area (Å²) in [6, 6.07) is 0.